The molecular formula is C11H25NO4. The predicted molar refractivity (Wildman–Crippen MR) is 62.9 cm³/mol. The van der Waals surface area contributed by atoms with Crippen LogP contribution in [0.3, 0.4) is 0 Å². The molecule has 98 valence electrons. The van der Waals surface area contributed by atoms with Crippen molar-refractivity contribution < 1.29 is 18.9 Å². The molecule has 0 atom stereocenters. The lowest BCUT2D eigenvalue weighted by Crippen LogP contribution is -2.24. The molecule has 0 aliphatic rings. The number of hydrogen-bond donors (Lipinski definition) is 1. The standard InChI is InChI=1S/C11H25NO4/c1-13-6-3-7-15-8-4-12-5-9-16-11-10-14-2/h12H,3-11H2,1-2H3. The van der Waals surface area contributed by atoms with E-state index in [1.807, 2.05) is 0 Å². The molecule has 0 saturated heterocycles. The van der Waals surface area contributed by atoms with Gasteiger partial charge in [0, 0.05) is 40.5 Å². The molecule has 0 spiro atoms. The topological polar surface area (TPSA) is 49.0 Å². The van der Waals surface area contributed by atoms with Crippen molar-refractivity contribution in [2.45, 2.75) is 6.42 Å². The van der Waals surface area contributed by atoms with E-state index in [0.717, 1.165) is 39.3 Å². The average Bonchev–Trinajstić information content (AvgIpc) is 2.31. The summed E-state index contributed by atoms with van der Waals surface area (Å²) >= 11 is 0. The fraction of sp³-hybridized carbons (Fsp3) is 1.00. The summed E-state index contributed by atoms with van der Waals surface area (Å²) in [6.45, 7) is 6.01. The molecule has 0 saturated carbocycles. The summed E-state index contributed by atoms with van der Waals surface area (Å²) in [6, 6.07) is 0. The maximum absolute atomic E-state index is 5.38. The van der Waals surface area contributed by atoms with E-state index in [-0.39, 0.29) is 0 Å². The van der Waals surface area contributed by atoms with E-state index in [4.69, 9.17) is 18.9 Å². The molecule has 16 heavy (non-hydrogen) atoms. The Hall–Kier alpha value is -0.200. The van der Waals surface area contributed by atoms with E-state index in [1.54, 1.807) is 14.2 Å². The molecule has 0 aromatic rings. The van der Waals surface area contributed by atoms with E-state index in [1.165, 1.54) is 0 Å². The summed E-state index contributed by atoms with van der Waals surface area (Å²) in [5.41, 5.74) is 0. The van der Waals surface area contributed by atoms with Crippen molar-refractivity contribution in [3.8, 4) is 0 Å². The van der Waals surface area contributed by atoms with E-state index in [0.29, 0.717) is 19.8 Å². The van der Waals surface area contributed by atoms with E-state index < -0.39 is 0 Å². The molecule has 0 unspecified atom stereocenters. The molecule has 0 rings (SSSR count). The zero-order valence-corrected chi connectivity index (χ0v) is 10.5. The molecule has 0 aliphatic carbocycles. The minimum Gasteiger partial charge on any atom is -0.385 e. The smallest absolute Gasteiger partial charge is 0.0700 e. The van der Waals surface area contributed by atoms with Crippen molar-refractivity contribution >= 4 is 0 Å². The van der Waals surface area contributed by atoms with Crippen molar-refractivity contribution in [2.24, 2.45) is 0 Å². The highest BCUT2D eigenvalue weighted by atomic mass is 16.5. The first-order valence-electron chi connectivity index (χ1n) is 5.76. The number of nitrogens with one attached hydrogen (secondary N) is 1. The molecule has 5 nitrogen and oxygen atoms in total. The minimum absolute atomic E-state index is 0.655. The summed E-state index contributed by atoms with van der Waals surface area (Å²) in [7, 11) is 3.37. The first-order valence-corrected chi connectivity index (χ1v) is 5.76. The van der Waals surface area contributed by atoms with Gasteiger partial charge in [0.05, 0.1) is 26.4 Å². The number of methoxy groups -OCH3 is 2. The van der Waals surface area contributed by atoms with Crippen molar-refractivity contribution in [1.82, 2.24) is 5.32 Å². The average molecular weight is 235 g/mol. The lowest BCUT2D eigenvalue weighted by molar-refractivity contribution is 0.0698. The van der Waals surface area contributed by atoms with Gasteiger partial charge in [0.2, 0.25) is 0 Å². The van der Waals surface area contributed by atoms with Gasteiger partial charge in [0.15, 0.2) is 0 Å². The number of ether oxygens (including phenoxy) is 4. The Morgan fingerprint density at radius 2 is 1.31 bits per heavy atom. The second-order valence-corrected chi connectivity index (χ2v) is 3.31. The molecule has 0 aromatic carbocycles. The predicted octanol–water partition coefficient (Wildman–Crippen LogP) is 0.292. The van der Waals surface area contributed by atoms with Crippen molar-refractivity contribution in [3.05, 3.63) is 0 Å². The summed E-state index contributed by atoms with van der Waals surface area (Å²) in [6.07, 6.45) is 0.955. The van der Waals surface area contributed by atoms with Crippen LogP contribution in [0.2, 0.25) is 0 Å². The molecular weight excluding hydrogens is 210 g/mol. The Labute approximate surface area is 98.4 Å². The van der Waals surface area contributed by atoms with Gasteiger partial charge in [-0.25, -0.2) is 0 Å². The minimum atomic E-state index is 0.655. The molecule has 5 heteroatoms. The molecule has 0 fully saturated rings. The fourth-order valence-electron chi connectivity index (χ4n) is 1.07. The lowest BCUT2D eigenvalue weighted by atomic mass is 10.5. The third kappa shape index (κ3) is 13.8. The SMILES string of the molecule is COCCCOCCNCCOCCOC. The van der Waals surface area contributed by atoms with Gasteiger partial charge < -0.3 is 24.3 Å². The van der Waals surface area contributed by atoms with Crippen LogP contribution in [0.1, 0.15) is 6.42 Å². The summed E-state index contributed by atoms with van der Waals surface area (Å²) < 4.78 is 20.4. The molecule has 0 amide bonds. The maximum Gasteiger partial charge on any atom is 0.0700 e. The van der Waals surface area contributed by atoms with E-state index in [9.17, 15) is 0 Å². The van der Waals surface area contributed by atoms with Crippen LogP contribution in [-0.4, -0.2) is 67.0 Å². The number of rotatable bonds is 13. The van der Waals surface area contributed by atoms with Crippen LogP contribution in [0.5, 0.6) is 0 Å². The normalized spacial score (nSPS) is 10.9. The molecule has 0 bridgehead atoms. The van der Waals surface area contributed by atoms with Crippen LogP contribution < -0.4 is 5.32 Å². The van der Waals surface area contributed by atoms with Gasteiger partial charge in [-0.05, 0) is 6.42 Å². The van der Waals surface area contributed by atoms with Crippen molar-refractivity contribution in [1.29, 1.82) is 0 Å². The Morgan fingerprint density at radius 1 is 0.688 bits per heavy atom. The van der Waals surface area contributed by atoms with Crippen LogP contribution in [0.4, 0.5) is 0 Å². The number of hydrogen-bond acceptors (Lipinski definition) is 5. The van der Waals surface area contributed by atoms with Crippen LogP contribution in [-0.2, 0) is 18.9 Å². The fourth-order valence-corrected chi connectivity index (χ4v) is 1.07. The molecule has 0 radical (unpaired) electrons. The van der Waals surface area contributed by atoms with Gasteiger partial charge in [-0.2, -0.15) is 0 Å². The second-order valence-electron chi connectivity index (χ2n) is 3.31. The van der Waals surface area contributed by atoms with Gasteiger partial charge in [-0.15, -0.1) is 0 Å². The van der Waals surface area contributed by atoms with Gasteiger partial charge in [0.25, 0.3) is 0 Å². The largest absolute Gasteiger partial charge is 0.385 e. The first-order chi connectivity index (χ1) is 7.91. The third-order valence-corrected chi connectivity index (χ3v) is 1.92. The highest BCUT2D eigenvalue weighted by Crippen LogP contribution is 1.82. The third-order valence-electron chi connectivity index (χ3n) is 1.92. The van der Waals surface area contributed by atoms with E-state index in [2.05, 4.69) is 5.32 Å². The maximum atomic E-state index is 5.38. The molecule has 0 heterocycles. The second kappa shape index (κ2) is 14.8. The Morgan fingerprint density at radius 3 is 1.94 bits per heavy atom. The first kappa shape index (κ1) is 15.8. The van der Waals surface area contributed by atoms with Gasteiger partial charge in [-0.3, -0.25) is 0 Å². The Kier molecular flexibility index (Phi) is 14.6. The lowest BCUT2D eigenvalue weighted by Gasteiger charge is -2.06. The zero-order valence-electron chi connectivity index (χ0n) is 10.5. The highest BCUT2D eigenvalue weighted by molar-refractivity contribution is 4.45. The van der Waals surface area contributed by atoms with Crippen LogP contribution in [0, 0.1) is 0 Å². The summed E-state index contributed by atoms with van der Waals surface area (Å²) in [5, 5.41) is 3.23. The molecule has 1 N–H and O–H groups in total. The monoisotopic (exact) mass is 235 g/mol. The summed E-state index contributed by atoms with van der Waals surface area (Å²) in [5.74, 6) is 0. The molecule has 0 aromatic heterocycles. The quantitative estimate of drug-likeness (QED) is 0.465. The van der Waals surface area contributed by atoms with Gasteiger partial charge >= 0.3 is 0 Å². The Bertz CT molecular complexity index is 111. The molecule has 0 aliphatic heterocycles. The highest BCUT2D eigenvalue weighted by Gasteiger charge is 1.90. The van der Waals surface area contributed by atoms with Crippen molar-refractivity contribution in [2.75, 3.05) is 67.0 Å². The van der Waals surface area contributed by atoms with E-state index >= 15 is 0 Å². The zero-order chi connectivity index (χ0) is 11.9. The Balaban J connectivity index is 2.83. The van der Waals surface area contributed by atoms with Gasteiger partial charge in [0.1, 0.15) is 0 Å². The van der Waals surface area contributed by atoms with Crippen LogP contribution in [0.15, 0.2) is 0 Å². The summed E-state index contributed by atoms with van der Waals surface area (Å²) in [4.78, 5) is 0. The van der Waals surface area contributed by atoms with Crippen LogP contribution in [0.25, 0.3) is 0 Å². The van der Waals surface area contributed by atoms with Crippen LogP contribution >= 0.6 is 0 Å². The van der Waals surface area contributed by atoms with Crippen molar-refractivity contribution in [3.63, 3.8) is 0 Å². The van der Waals surface area contributed by atoms with Gasteiger partial charge in [-0.1, -0.05) is 0 Å².